The fourth-order valence-electron chi connectivity index (χ4n) is 7.53. The molecule has 3 saturated heterocycles. The number of carbonyl (C=O) groups excluding carboxylic acids is 3. The van der Waals surface area contributed by atoms with Gasteiger partial charge in [0.2, 0.25) is 11.8 Å². The Morgan fingerprint density at radius 3 is 2.58 bits per heavy atom. The number of aromatic nitrogens is 1. The van der Waals surface area contributed by atoms with Gasteiger partial charge in [-0.2, -0.15) is 18.4 Å². The lowest BCUT2D eigenvalue weighted by Gasteiger charge is -2.39. The number of aryl methyl sites for hydroxylation is 1. The summed E-state index contributed by atoms with van der Waals surface area (Å²) < 4.78 is 47.5. The quantitative estimate of drug-likeness (QED) is 0.178. The summed E-state index contributed by atoms with van der Waals surface area (Å²) in [5.74, 6) is -0.302. The first-order chi connectivity index (χ1) is 27.9. The summed E-state index contributed by atoms with van der Waals surface area (Å²) in [5, 5.41) is 28.4. The predicted octanol–water partition coefficient (Wildman–Crippen LogP) is 5.14. The number of ether oxygens (including phenoxy) is 1. The van der Waals surface area contributed by atoms with Crippen LogP contribution in [0.15, 0.2) is 48.7 Å². The van der Waals surface area contributed by atoms with E-state index >= 15 is 0 Å². The van der Waals surface area contributed by atoms with E-state index in [0.717, 1.165) is 23.2 Å². The second-order valence-corrected chi connectivity index (χ2v) is 16.0. The second-order valence-electron chi connectivity index (χ2n) is 15.2. The van der Waals surface area contributed by atoms with E-state index in [9.17, 15) is 37.9 Å². The highest BCUT2D eigenvalue weighted by Crippen LogP contribution is 2.40. The summed E-state index contributed by atoms with van der Waals surface area (Å²) in [6.45, 7) is 10.6. The lowest BCUT2D eigenvalue weighted by molar-refractivity contribution is -0.138. The number of benzene rings is 2. The van der Waals surface area contributed by atoms with Gasteiger partial charge < -0.3 is 30.7 Å². The second kappa shape index (κ2) is 17.7. The lowest BCUT2D eigenvalue weighted by atomic mass is 10.0. The van der Waals surface area contributed by atoms with Crippen LogP contribution in [0.3, 0.4) is 0 Å². The van der Waals surface area contributed by atoms with Crippen LogP contribution in [-0.4, -0.2) is 106 Å². The van der Waals surface area contributed by atoms with E-state index in [1.54, 1.807) is 49.1 Å². The van der Waals surface area contributed by atoms with E-state index in [2.05, 4.69) is 37.7 Å². The van der Waals surface area contributed by atoms with Crippen molar-refractivity contribution in [2.45, 2.75) is 77.0 Å². The fraction of sp³-hybridized carbons (Fsp3) is 0.450. The Bertz CT molecular complexity index is 2170. The molecule has 3 fully saturated rings. The van der Waals surface area contributed by atoms with Crippen molar-refractivity contribution in [3.8, 4) is 11.8 Å². The molecule has 0 aliphatic carbocycles. The number of amides is 3. The van der Waals surface area contributed by atoms with Crippen LogP contribution in [0.4, 0.5) is 35.9 Å². The molecule has 1 aromatic heterocycles. The highest BCUT2D eigenvalue weighted by atomic mass is 35.5. The van der Waals surface area contributed by atoms with E-state index in [4.69, 9.17) is 28.6 Å². The van der Waals surface area contributed by atoms with Crippen LogP contribution in [0.5, 0.6) is 5.75 Å². The van der Waals surface area contributed by atoms with Crippen molar-refractivity contribution in [1.82, 2.24) is 20.1 Å². The minimum atomic E-state index is -4.86. The van der Waals surface area contributed by atoms with Gasteiger partial charge in [-0.15, -0.1) is 0 Å². The normalized spacial score (nSPS) is 21.3. The van der Waals surface area contributed by atoms with Crippen LogP contribution in [0.25, 0.3) is 0 Å². The smallest absolute Gasteiger partial charge is 0.419 e. The number of nitrogens with zero attached hydrogens (tertiary/aromatic N) is 6. The number of piperidine rings is 1. The van der Waals surface area contributed by atoms with Crippen LogP contribution in [-0.2, 0) is 27.0 Å². The van der Waals surface area contributed by atoms with Crippen molar-refractivity contribution in [2.75, 3.05) is 59.8 Å². The number of rotatable bonds is 12. The maximum absolute atomic E-state index is 13.7. The molecule has 4 heterocycles. The largest absolute Gasteiger partial charge is 0.492 e. The van der Waals surface area contributed by atoms with Crippen LogP contribution >= 0.6 is 23.8 Å². The first-order valence-electron chi connectivity index (χ1n) is 19.1. The third-order valence-corrected chi connectivity index (χ3v) is 11.2. The molecule has 3 aliphatic rings. The molecule has 3 aliphatic heterocycles. The van der Waals surface area contributed by atoms with Crippen LogP contribution in [0.2, 0.25) is 5.02 Å². The van der Waals surface area contributed by atoms with Gasteiger partial charge in [0.05, 0.1) is 30.0 Å². The zero-order valence-corrected chi connectivity index (χ0v) is 34.5. The lowest BCUT2D eigenvalue weighted by Crippen LogP contribution is -2.54. The zero-order chi connectivity index (χ0) is 42.8. The van der Waals surface area contributed by atoms with E-state index in [-0.39, 0.29) is 41.6 Å². The Kier molecular flexibility index (Phi) is 13.0. The van der Waals surface area contributed by atoms with E-state index in [1.165, 1.54) is 6.07 Å². The molecule has 2 unspecified atom stereocenters. The average molecular weight is 856 g/mol. The molecule has 314 valence electrons. The number of nitriles is 1. The van der Waals surface area contributed by atoms with Crippen molar-refractivity contribution < 1.29 is 37.4 Å². The molecular weight excluding hydrogens is 811 g/mol. The van der Waals surface area contributed by atoms with Crippen molar-refractivity contribution in [3.05, 3.63) is 70.5 Å². The Labute approximate surface area is 350 Å². The van der Waals surface area contributed by atoms with Crippen LogP contribution in [0.1, 0.15) is 57.4 Å². The minimum Gasteiger partial charge on any atom is -0.492 e. The van der Waals surface area contributed by atoms with Gasteiger partial charge in [-0.25, -0.2) is 4.98 Å². The van der Waals surface area contributed by atoms with Gasteiger partial charge in [-0.3, -0.25) is 29.1 Å². The van der Waals surface area contributed by atoms with Gasteiger partial charge >= 0.3 is 6.18 Å². The fourth-order valence-corrected chi connectivity index (χ4v) is 8.29. The zero-order valence-electron chi connectivity index (χ0n) is 32.9. The number of aliphatic hydroxyl groups is 1. The number of carbonyl (C=O) groups is 3. The number of nitrogens with one attached hydrogen (secondary N) is 3. The number of thiocarbonyl (C=S) groups is 1. The number of hydrogen-bond donors (Lipinski definition) is 4. The molecule has 0 bridgehead atoms. The van der Waals surface area contributed by atoms with E-state index in [1.807, 2.05) is 13.0 Å². The molecule has 14 nitrogen and oxygen atoms in total. The minimum absolute atomic E-state index is 0.0261. The molecule has 0 spiro atoms. The number of piperazine rings is 1. The number of hydrogen-bond acceptors (Lipinski definition) is 11. The third kappa shape index (κ3) is 9.71. The van der Waals surface area contributed by atoms with E-state index in [0.29, 0.717) is 73.0 Å². The molecule has 3 atom stereocenters. The highest BCUT2D eigenvalue weighted by molar-refractivity contribution is 7.81. The standard InChI is InChI=1S/C40H45ClF3N9O5S/c1-5-24-14-28(53-38(59)52(37(57)39(53,3)4)29-18-30(40(42,43)44)32(19-45)46-20-29)6-8-33(24)58-13-12-50-10-11-51(23(2)21-50)22-35(55)48-27-16-25(41)15-26(17-27)47-31-7-9-34(54)49-36(31)56/h6,8,14-18,20,23,31,36,47,56H,5,7,9-13,21-22H2,1-4H3,(H,48,55)(H,49,54)/t23-,31?,36?/m1/s1. The highest BCUT2D eigenvalue weighted by Gasteiger charge is 2.51. The number of halogens is 4. The summed E-state index contributed by atoms with van der Waals surface area (Å²) in [7, 11) is 0. The molecule has 2 aromatic carbocycles. The van der Waals surface area contributed by atoms with E-state index < -0.39 is 41.1 Å². The molecule has 3 aromatic rings. The van der Waals surface area contributed by atoms with Crippen molar-refractivity contribution >= 4 is 69.4 Å². The molecule has 0 saturated carbocycles. The number of pyridine rings is 1. The molecule has 19 heteroatoms. The monoisotopic (exact) mass is 855 g/mol. The number of alkyl halides is 3. The van der Waals surface area contributed by atoms with Crippen molar-refractivity contribution in [1.29, 1.82) is 5.26 Å². The Hall–Kier alpha value is -5.06. The molecular formula is C40H45ClF3N9O5S. The topological polar surface area (TPSA) is 166 Å². The number of anilines is 4. The summed E-state index contributed by atoms with van der Waals surface area (Å²) in [5.41, 5.74) is -0.974. The molecule has 0 radical (unpaired) electrons. The van der Waals surface area contributed by atoms with Gasteiger partial charge in [0.15, 0.2) is 10.8 Å². The molecule has 59 heavy (non-hydrogen) atoms. The van der Waals surface area contributed by atoms with Gasteiger partial charge in [0.25, 0.3) is 5.91 Å². The first kappa shape index (κ1) is 43.5. The molecule has 6 rings (SSSR count). The summed E-state index contributed by atoms with van der Waals surface area (Å²) in [4.78, 5) is 49.0. The number of aliphatic hydroxyl groups excluding tert-OH is 1. The van der Waals surface area contributed by atoms with Gasteiger partial charge in [-0.05, 0) is 93.9 Å². The van der Waals surface area contributed by atoms with Gasteiger partial charge in [0, 0.05) is 60.7 Å². The van der Waals surface area contributed by atoms with Crippen LogP contribution < -0.4 is 30.5 Å². The van der Waals surface area contributed by atoms with Gasteiger partial charge in [-0.1, -0.05) is 18.5 Å². The maximum Gasteiger partial charge on any atom is 0.419 e. The molecule has 3 amide bonds. The third-order valence-electron chi connectivity index (χ3n) is 10.7. The maximum atomic E-state index is 13.7. The average Bonchev–Trinajstić information content (AvgIpc) is 3.34. The SMILES string of the molecule is CCc1cc(N2C(=S)N(c3cnc(C#N)c(C(F)(F)F)c3)C(=O)C2(C)C)ccc1OCCN1CCN(CC(=O)Nc2cc(Cl)cc(NC3CCC(=O)NC3O)c2)[C@H](C)C1. The first-order valence-corrected chi connectivity index (χ1v) is 19.9. The van der Waals surface area contributed by atoms with Crippen LogP contribution in [0, 0.1) is 11.3 Å². The van der Waals surface area contributed by atoms with Crippen molar-refractivity contribution in [2.24, 2.45) is 0 Å². The Morgan fingerprint density at radius 2 is 1.90 bits per heavy atom. The molecule has 4 N–H and O–H groups in total. The Balaban J connectivity index is 1.02. The summed E-state index contributed by atoms with van der Waals surface area (Å²) >= 11 is 12.0. The summed E-state index contributed by atoms with van der Waals surface area (Å²) in [6, 6.07) is 12.3. The van der Waals surface area contributed by atoms with Gasteiger partial charge in [0.1, 0.15) is 30.2 Å². The summed E-state index contributed by atoms with van der Waals surface area (Å²) in [6.07, 6.45) is -3.53. The van der Waals surface area contributed by atoms with Crippen molar-refractivity contribution in [3.63, 3.8) is 0 Å². The Morgan fingerprint density at radius 1 is 1.15 bits per heavy atom. The predicted molar refractivity (Wildman–Crippen MR) is 220 cm³/mol.